The second kappa shape index (κ2) is 9.44. The number of imidazole rings is 1. The number of aliphatic hydroxyl groups is 1. The Bertz CT molecular complexity index is 1320. The summed E-state index contributed by atoms with van der Waals surface area (Å²) in [6.07, 6.45) is -0.537. The Kier molecular flexibility index (Phi) is 6.22. The number of carbonyl (C=O) groups excluding carboxylic acids is 1. The van der Waals surface area contributed by atoms with E-state index in [0.29, 0.717) is 23.0 Å². The molecule has 34 heavy (non-hydrogen) atoms. The van der Waals surface area contributed by atoms with E-state index in [2.05, 4.69) is 0 Å². The number of fused-ring (bicyclic) bond motifs is 1. The van der Waals surface area contributed by atoms with Crippen molar-refractivity contribution in [2.45, 2.75) is 25.0 Å². The smallest absolute Gasteiger partial charge is 0.227 e. The molecule has 1 saturated heterocycles. The lowest BCUT2D eigenvalue weighted by Crippen LogP contribution is -2.26. The van der Waals surface area contributed by atoms with Crippen LogP contribution >= 0.6 is 11.6 Å². The lowest BCUT2D eigenvalue weighted by Gasteiger charge is -2.19. The van der Waals surface area contributed by atoms with E-state index >= 15 is 0 Å². The Morgan fingerprint density at radius 2 is 1.82 bits per heavy atom. The van der Waals surface area contributed by atoms with E-state index in [9.17, 15) is 14.3 Å². The standard InChI is InChI=1S/C26H23ClFN3O3/c27-21-5-1-4-8-24(21)34-16-20(32)15-31-23-7-3-2-6-22(23)29-26(31)17-13-25(33)30(14-17)19-11-9-18(28)10-12-19/h1-12,17,20,32H,13-16H2/t17-,20+/m1/s1. The maximum Gasteiger partial charge on any atom is 0.227 e. The number of ether oxygens (including phenoxy) is 1. The molecule has 0 radical (unpaired) electrons. The number of rotatable bonds is 7. The van der Waals surface area contributed by atoms with Crippen LogP contribution < -0.4 is 9.64 Å². The van der Waals surface area contributed by atoms with Gasteiger partial charge in [0.2, 0.25) is 5.91 Å². The van der Waals surface area contributed by atoms with E-state index in [4.69, 9.17) is 21.3 Å². The Morgan fingerprint density at radius 1 is 1.09 bits per heavy atom. The molecule has 8 heteroatoms. The minimum Gasteiger partial charge on any atom is -0.489 e. The molecule has 4 aromatic rings. The van der Waals surface area contributed by atoms with Crippen LogP contribution in [0.25, 0.3) is 11.0 Å². The van der Waals surface area contributed by atoms with Crippen molar-refractivity contribution in [1.82, 2.24) is 9.55 Å². The van der Waals surface area contributed by atoms with Gasteiger partial charge in [-0.25, -0.2) is 9.37 Å². The van der Waals surface area contributed by atoms with E-state index < -0.39 is 6.10 Å². The molecule has 0 bridgehead atoms. The molecule has 1 N–H and O–H groups in total. The van der Waals surface area contributed by atoms with Crippen LogP contribution in [0, 0.1) is 5.82 Å². The zero-order valence-electron chi connectivity index (χ0n) is 18.3. The van der Waals surface area contributed by atoms with Gasteiger partial charge in [-0.05, 0) is 48.5 Å². The van der Waals surface area contributed by atoms with Crippen LogP contribution in [-0.4, -0.2) is 39.8 Å². The molecule has 2 heterocycles. The quantitative estimate of drug-likeness (QED) is 0.414. The van der Waals surface area contributed by atoms with E-state index in [1.165, 1.54) is 12.1 Å². The van der Waals surface area contributed by atoms with Gasteiger partial charge >= 0.3 is 0 Å². The number of anilines is 1. The lowest BCUT2D eigenvalue weighted by atomic mass is 10.1. The molecule has 2 atom stereocenters. The fraction of sp³-hybridized carbons (Fsp3) is 0.231. The molecule has 0 unspecified atom stereocenters. The molecule has 1 aliphatic rings. The molecule has 174 valence electrons. The number of aromatic nitrogens is 2. The van der Waals surface area contributed by atoms with Crippen molar-refractivity contribution >= 4 is 34.2 Å². The minimum absolute atomic E-state index is 0.0437. The number of hydrogen-bond acceptors (Lipinski definition) is 4. The Hall–Kier alpha value is -3.42. The van der Waals surface area contributed by atoms with Gasteiger partial charge in [-0.15, -0.1) is 0 Å². The van der Waals surface area contributed by atoms with Gasteiger partial charge in [0.25, 0.3) is 0 Å². The van der Waals surface area contributed by atoms with E-state index in [0.717, 1.165) is 16.9 Å². The molecule has 3 aromatic carbocycles. The van der Waals surface area contributed by atoms with Crippen LogP contribution in [0.2, 0.25) is 5.02 Å². The summed E-state index contributed by atoms with van der Waals surface area (Å²) in [4.78, 5) is 19.3. The van der Waals surface area contributed by atoms with E-state index in [1.807, 2.05) is 41.0 Å². The van der Waals surface area contributed by atoms with Crippen molar-refractivity contribution in [2.75, 3.05) is 18.1 Å². The zero-order valence-corrected chi connectivity index (χ0v) is 19.0. The molecule has 5 rings (SSSR count). The Labute approximate surface area is 201 Å². The largest absolute Gasteiger partial charge is 0.489 e. The predicted molar refractivity (Wildman–Crippen MR) is 129 cm³/mol. The summed E-state index contributed by atoms with van der Waals surface area (Å²) in [6.45, 7) is 0.739. The molecule has 1 amide bonds. The first-order chi connectivity index (χ1) is 16.5. The monoisotopic (exact) mass is 479 g/mol. The van der Waals surface area contributed by atoms with Gasteiger partial charge in [0, 0.05) is 24.6 Å². The van der Waals surface area contributed by atoms with Gasteiger partial charge in [0.1, 0.15) is 30.1 Å². The van der Waals surface area contributed by atoms with E-state index in [-0.39, 0.29) is 37.2 Å². The van der Waals surface area contributed by atoms with Crippen molar-refractivity contribution in [2.24, 2.45) is 0 Å². The highest BCUT2D eigenvalue weighted by Crippen LogP contribution is 2.33. The first-order valence-corrected chi connectivity index (χ1v) is 11.4. The van der Waals surface area contributed by atoms with Crippen molar-refractivity contribution in [3.05, 3.63) is 89.5 Å². The molecule has 1 fully saturated rings. The summed E-state index contributed by atoms with van der Waals surface area (Å²) < 4.78 is 21.0. The van der Waals surface area contributed by atoms with Crippen LogP contribution in [0.5, 0.6) is 5.75 Å². The normalized spacial score (nSPS) is 16.9. The van der Waals surface area contributed by atoms with Crippen molar-refractivity contribution in [3.63, 3.8) is 0 Å². The number of benzene rings is 3. The van der Waals surface area contributed by atoms with Gasteiger partial charge in [0.05, 0.1) is 22.6 Å². The van der Waals surface area contributed by atoms with Crippen LogP contribution in [-0.2, 0) is 11.3 Å². The summed E-state index contributed by atoms with van der Waals surface area (Å²) in [5.74, 6) is 0.687. The van der Waals surface area contributed by atoms with Gasteiger partial charge in [-0.1, -0.05) is 35.9 Å². The van der Waals surface area contributed by atoms with Crippen molar-refractivity contribution < 1.29 is 19.0 Å². The number of nitrogens with zero attached hydrogens (tertiary/aromatic N) is 3. The van der Waals surface area contributed by atoms with Crippen LogP contribution in [0.4, 0.5) is 10.1 Å². The highest BCUT2D eigenvalue weighted by atomic mass is 35.5. The summed E-state index contributed by atoms with van der Waals surface area (Å²) in [5, 5.41) is 11.3. The maximum absolute atomic E-state index is 13.3. The molecule has 0 aliphatic carbocycles. The second-order valence-electron chi connectivity index (χ2n) is 8.35. The first-order valence-electron chi connectivity index (χ1n) is 11.1. The Morgan fingerprint density at radius 3 is 2.62 bits per heavy atom. The number of aliphatic hydroxyl groups excluding tert-OH is 1. The van der Waals surface area contributed by atoms with Crippen molar-refractivity contribution in [3.8, 4) is 5.75 Å². The lowest BCUT2D eigenvalue weighted by molar-refractivity contribution is -0.117. The molecule has 6 nitrogen and oxygen atoms in total. The van der Waals surface area contributed by atoms with Gasteiger partial charge in [-0.3, -0.25) is 4.79 Å². The number of carbonyl (C=O) groups is 1. The molecule has 0 saturated carbocycles. The Balaban J connectivity index is 1.38. The second-order valence-corrected chi connectivity index (χ2v) is 8.75. The van der Waals surface area contributed by atoms with Gasteiger partial charge < -0.3 is 19.3 Å². The SMILES string of the molecule is O=C1C[C@@H](c2nc3ccccc3n2C[C@H](O)COc2ccccc2Cl)CN1c1ccc(F)cc1. The molecular weight excluding hydrogens is 457 g/mol. The molecule has 0 spiro atoms. The van der Waals surface area contributed by atoms with Crippen LogP contribution in [0.1, 0.15) is 18.2 Å². The van der Waals surface area contributed by atoms with Gasteiger partial charge in [-0.2, -0.15) is 0 Å². The van der Waals surface area contributed by atoms with Crippen molar-refractivity contribution in [1.29, 1.82) is 0 Å². The van der Waals surface area contributed by atoms with Crippen LogP contribution in [0.15, 0.2) is 72.8 Å². The highest BCUT2D eigenvalue weighted by Gasteiger charge is 2.35. The number of hydrogen-bond donors (Lipinski definition) is 1. The third kappa shape index (κ3) is 4.49. The molecule has 1 aliphatic heterocycles. The first kappa shape index (κ1) is 22.4. The average molecular weight is 480 g/mol. The summed E-state index contributed by atoms with van der Waals surface area (Å²) in [6, 6.07) is 20.7. The summed E-state index contributed by atoms with van der Waals surface area (Å²) >= 11 is 6.15. The summed E-state index contributed by atoms with van der Waals surface area (Å²) in [7, 11) is 0. The van der Waals surface area contributed by atoms with E-state index in [1.54, 1.807) is 29.2 Å². The topological polar surface area (TPSA) is 67.6 Å². The minimum atomic E-state index is -0.821. The zero-order chi connectivity index (χ0) is 23.7. The number of amides is 1. The fourth-order valence-electron chi connectivity index (χ4n) is 4.36. The van der Waals surface area contributed by atoms with Gasteiger partial charge in [0.15, 0.2) is 0 Å². The number of para-hydroxylation sites is 3. The maximum atomic E-state index is 13.3. The highest BCUT2D eigenvalue weighted by molar-refractivity contribution is 6.32. The number of halogens is 2. The third-order valence-electron chi connectivity index (χ3n) is 5.97. The van der Waals surface area contributed by atoms with Crippen LogP contribution in [0.3, 0.4) is 0 Å². The predicted octanol–water partition coefficient (Wildman–Crippen LogP) is 4.79. The third-order valence-corrected chi connectivity index (χ3v) is 6.29. The summed E-state index contributed by atoms with van der Waals surface area (Å²) in [5.41, 5.74) is 2.33. The molecule has 1 aromatic heterocycles. The average Bonchev–Trinajstić information content (AvgIpc) is 3.40. The molecular formula is C26H23ClFN3O3. The fourth-order valence-corrected chi connectivity index (χ4v) is 4.55.